The van der Waals surface area contributed by atoms with E-state index < -0.39 is 14.9 Å². The van der Waals surface area contributed by atoms with E-state index in [4.69, 9.17) is 0 Å². The maximum absolute atomic E-state index is 12.4. The zero-order valence-electron chi connectivity index (χ0n) is 14.2. The molecule has 0 amide bonds. The van der Waals surface area contributed by atoms with Gasteiger partial charge in [-0.2, -0.15) is 0 Å². The van der Waals surface area contributed by atoms with Crippen molar-refractivity contribution in [2.75, 3.05) is 25.0 Å². The fourth-order valence-electron chi connectivity index (χ4n) is 2.40. The molecule has 0 atom stereocenters. The number of non-ortho nitro benzene ring substituents is 1. The lowest BCUT2D eigenvalue weighted by molar-refractivity contribution is -0.385. The van der Waals surface area contributed by atoms with Crippen molar-refractivity contribution in [2.24, 2.45) is 0 Å². The SMILES string of the molecule is Cc1ccc([N+](=O)[O-])cc1S(=O)(=O)NCCCN(C)c1ccccc1. The Morgan fingerprint density at radius 3 is 2.48 bits per heavy atom. The Morgan fingerprint density at radius 1 is 1.16 bits per heavy atom. The molecule has 0 aliphatic rings. The minimum absolute atomic E-state index is 0.0573. The molecule has 0 aliphatic heterocycles. The molecule has 0 unspecified atom stereocenters. The van der Waals surface area contributed by atoms with Crippen LogP contribution in [0.25, 0.3) is 0 Å². The zero-order chi connectivity index (χ0) is 18.4. The lowest BCUT2D eigenvalue weighted by Gasteiger charge is -2.19. The number of nitro benzene ring substituents is 1. The van der Waals surface area contributed by atoms with Crippen molar-refractivity contribution in [1.29, 1.82) is 0 Å². The highest BCUT2D eigenvalue weighted by molar-refractivity contribution is 7.89. The Balaban J connectivity index is 1.96. The molecule has 0 saturated heterocycles. The molecular weight excluding hydrogens is 342 g/mol. The predicted molar refractivity (Wildman–Crippen MR) is 97.4 cm³/mol. The van der Waals surface area contributed by atoms with Gasteiger partial charge in [0.2, 0.25) is 10.0 Å². The van der Waals surface area contributed by atoms with Crippen LogP contribution in [0.3, 0.4) is 0 Å². The number of nitro groups is 1. The summed E-state index contributed by atoms with van der Waals surface area (Å²) in [4.78, 5) is 12.2. The third kappa shape index (κ3) is 5.01. The van der Waals surface area contributed by atoms with E-state index in [0.29, 0.717) is 18.5 Å². The summed E-state index contributed by atoms with van der Waals surface area (Å²) >= 11 is 0. The summed E-state index contributed by atoms with van der Waals surface area (Å²) in [7, 11) is -1.84. The van der Waals surface area contributed by atoms with Crippen LogP contribution in [0.4, 0.5) is 11.4 Å². The van der Waals surface area contributed by atoms with Gasteiger partial charge in [-0.25, -0.2) is 13.1 Å². The van der Waals surface area contributed by atoms with Crippen LogP contribution >= 0.6 is 0 Å². The van der Waals surface area contributed by atoms with E-state index in [-0.39, 0.29) is 17.1 Å². The largest absolute Gasteiger partial charge is 0.375 e. The second kappa shape index (κ2) is 8.09. The molecule has 8 heteroatoms. The second-order valence-electron chi connectivity index (χ2n) is 5.72. The molecule has 25 heavy (non-hydrogen) atoms. The first-order valence-electron chi connectivity index (χ1n) is 7.82. The van der Waals surface area contributed by atoms with Gasteiger partial charge in [0, 0.05) is 38.0 Å². The van der Waals surface area contributed by atoms with Crippen LogP contribution < -0.4 is 9.62 Å². The van der Waals surface area contributed by atoms with Gasteiger partial charge in [0.1, 0.15) is 0 Å². The van der Waals surface area contributed by atoms with Crippen LogP contribution in [0.1, 0.15) is 12.0 Å². The van der Waals surface area contributed by atoms with Gasteiger partial charge in [0.15, 0.2) is 0 Å². The minimum Gasteiger partial charge on any atom is -0.375 e. The van der Waals surface area contributed by atoms with E-state index in [9.17, 15) is 18.5 Å². The minimum atomic E-state index is -3.78. The number of nitrogens with one attached hydrogen (secondary N) is 1. The van der Waals surface area contributed by atoms with Crippen molar-refractivity contribution in [2.45, 2.75) is 18.2 Å². The van der Waals surface area contributed by atoms with Crippen LogP contribution in [0.2, 0.25) is 0 Å². The third-order valence-electron chi connectivity index (χ3n) is 3.83. The van der Waals surface area contributed by atoms with Crippen LogP contribution in [0, 0.1) is 17.0 Å². The number of aryl methyl sites for hydroxylation is 1. The summed E-state index contributed by atoms with van der Waals surface area (Å²) in [6, 6.07) is 13.6. The average Bonchev–Trinajstić information content (AvgIpc) is 2.59. The molecule has 0 aromatic heterocycles. The van der Waals surface area contributed by atoms with Gasteiger partial charge in [-0.05, 0) is 31.0 Å². The molecule has 1 N–H and O–H groups in total. The van der Waals surface area contributed by atoms with E-state index >= 15 is 0 Å². The van der Waals surface area contributed by atoms with Gasteiger partial charge in [0.05, 0.1) is 9.82 Å². The molecule has 0 fully saturated rings. The molecular formula is C17H21N3O4S. The summed E-state index contributed by atoms with van der Waals surface area (Å²) in [5.41, 5.74) is 1.29. The first kappa shape index (κ1) is 18.9. The summed E-state index contributed by atoms with van der Waals surface area (Å²) in [5, 5.41) is 10.8. The molecule has 0 bridgehead atoms. The Bertz CT molecular complexity index is 838. The number of para-hydroxylation sites is 1. The van der Waals surface area contributed by atoms with Gasteiger partial charge in [-0.15, -0.1) is 0 Å². The topological polar surface area (TPSA) is 92.5 Å². The summed E-state index contributed by atoms with van der Waals surface area (Å²) in [6.07, 6.45) is 0.610. The van der Waals surface area contributed by atoms with E-state index in [1.165, 1.54) is 12.1 Å². The lowest BCUT2D eigenvalue weighted by Crippen LogP contribution is -2.28. The van der Waals surface area contributed by atoms with E-state index in [0.717, 1.165) is 11.8 Å². The first-order valence-corrected chi connectivity index (χ1v) is 9.30. The highest BCUT2D eigenvalue weighted by Crippen LogP contribution is 2.21. The molecule has 2 aromatic carbocycles. The maximum atomic E-state index is 12.4. The normalized spacial score (nSPS) is 11.3. The fraction of sp³-hybridized carbons (Fsp3) is 0.294. The number of rotatable bonds is 8. The van der Waals surface area contributed by atoms with Gasteiger partial charge in [-0.1, -0.05) is 24.3 Å². The fourth-order valence-corrected chi connectivity index (χ4v) is 3.74. The standard InChI is InChI=1S/C17H21N3O4S/c1-14-9-10-16(20(21)22)13-17(14)25(23,24)18-11-6-12-19(2)15-7-4-3-5-8-15/h3-5,7-10,13,18H,6,11-12H2,1-2H3. The molecule has 0 heterocycles. The Morgan fingerprint density at radius 2 is 1.84 bits per heavy atom. The number of benzene rings is 2. The van der Waals surface area contributed by atoms with E-state index in [1.54, 1.807) is 6.92 Å². The molecule has 7 nitrogen and oxygen atoms in total. The number of sulfonamides is 1. The number of nitrogens with zero attached hydrogens (tertiary/aromatic N) is 2. The van der Waals surface area contributed by atoms with Crippen molar-refractivity contribution < 1.29 is 13.3 Å². The van der Waals surface area contributed by atoms with Gasteiger partial charge in [-0.3, -0.25) is 10.1 Å². The van der Waals surface area contributed by atoms with Crippen LogP contribution in [-0.2, 0) is 10.0 Å². The number of hydrogen-bond donors (Lipinski definition) is 1. The number of hydrogen-bond acceptors (Lipinski definition) is 5. The Hall–Kier alpha value is -2.45. The highest BCUT2D eigenvalue weighted by atomic mass is 32.2. The van der Waals surface area contributed by atoms with Gasteiger partial charge < -0.3 is 4.90 Å². The highest BCUT2D eigenvalue weighted by Gasteiger charge is 2.20. The Kier molecular flexibility index (Phi) is 6.11. The lowest BCUT2D eigenvalue weighted by atomic mass is 10.2. The smallest absolute Gasteiger partial charge is 0.270 e. The maximum Gasteiger partial charge on any atom is 0.270 e. The van der Waals surface area contributed by atoms with Crippen LogP contribution in [0.5, 0.6) is 0 Å². The molecule has 0 spiro atoms. The van der Waals surface area contributed by atoms with Crippen molar-refractivity contribution in [1.82, 2.24) is 4.72 Å². The quantitative estimate of drug-likeness (QED) is 0.442. The van der Waals surface area contributed by atoms with Gasteiger partial charge >= 0.3 is 0 Å². The molecule has 2 aromatic rings. The summed E-state index contributed by atoms with van der Waals surface area (Å²) < 4.78 is 27.3. The Labute approximate surface area is 147 Å². The van der Waals surface area contributed by atoms with Crippen molar-refractivity contribution >= 4 is 21.4 Å². The van der Waals surface area contributed by atoms with Crippen LogP contribution in [0.15, 0.2) is 53.4 Å². The molecule has 2 rings (SSSR count). The van der Waals surface area contributed by atoms with E-state index in [1.807, 2.05) is 42.3 Å². The number of anilines is 1. The predicted octanol–water partition coefficient (Wildman–Crippen LogP) is 2.71. The molecule has 134 valence electrons. The third-order valence-corrected chi connectivity index (χ3v) is 5.43. The molecule has 0 aliphatic carbocycles. The van der Waals surface area contributed by atoms with E-state index in [2.05, 4.69) is 4.72 Å². The molecule has 0 saturated carbocycles. The zero-order valence-corrected chi connectivity index (χ0v) is 15.0. The molecule has 0 radical (unpaired) electrons. The van der Waals surface area contributed by atoms with Crippen molar-refractivity contribution in [3.8, 4) is 0 Å². The summed E-state index contributed by atoms with van der Waals surface area (Å²) in [6.45, 7) is 2.55. The van der Waals surface area contributed by atoms with Crippen LogP contribution in [-0.4, -0.2) is 33.5 Å². The average molecular weight is 363 g/mol. The van der Waals surface area contributed by atoms with Gasteiger partial charge in [0.25, 0.3) is 5.69 Å². The second-order valence-corrected chi connectivity index (χ2v) is 7.45. The first-order chi connectivity index (χ1) is 11.8. The monoisotopic (exact) mass is 363 g/mol. The summed E-state index contributed by atoms with van der Waals surface area (Å²) in [5.74, 6) is 0. The van der Waals surface area contributed by atoms with Crippen molar-refractivity contribution in [3.05, 3.63) is 64.2 Å². The van der Waals surface area contributed by atoms with Crippen molar-refractivity contribution in [3.63, 3.8) is 0 Å².